The second-order valence-corrected chi connectivity index (χ2v) is 6.54. The van der Waals surface area contributed by atoms with Gasteiger partial charge in [0.15, 0.2) is 5.82 Å². The molecule has 0 radical (unpaired) electrons. The van der Waals surface area contributed by atoms with Gasteiger partial charge in [0.1, 0.15) is 10.8 Å². The highest BCUT2D eigenvalue weighted by Gasteiger charge is 2.15. The Hall–Kier alpha value is -0.520. The molecule has 0 fully saturated rings. The van der Waals surface area contributed by atoms with Gasteiger partial charge in [0.25, 0.3) is 0 Å². The molecule has 2 heterocycles. The molecule has 0 amide bonds. The predicted octanol–water partition coefficient (Wildman–Crippen LogP) is 4.92. The lowest BCUT2D eigenvalue weighted by atomic mass is 10.1. The first-order chi connectivity index (χ1) is 8.99. The van der Waals surface area contributed by atoms with Crippen LogP contribution in [-0.2, 0) is 6.42 Å². The molecule has 19 heavy (non-hydrogen) atoms. The molecule has 0 atom stereocenters. The van der Waals surface area contributed by atoms with Crippen molar-refractivity contribution < 1.29 is 0 Å². The minimum absolute atomic E-state index is 0.415. The summed E-state index contributed by atoms with van der Waals surface area (Å²) in [7, 11) is 0. The molecule has 0 bridgehead atoms. The molecule has 0 aliphatic carbocycles. The maximum atomic E-state index is 6.16. The molecule has 0 unspecified atom stereocenters. The fourth-order valence-electron chi connectivity index (χ4n) is 1.64. The fourth-order valence-corrected chi connectivity index (χ4v) is 2.60. The zero-order valence-electron chi connectivity index (χ0n) is 10.5. The Kier molecular flexibility index (Phi) is 4.92. The van der Waals surface area contributed by atoms with Gasteiger partial charge in [0.05, 0.1) is 10.2 Å². The van der Waals surface area contributed by atoms with Crippen LogP contribution in [0.4, 0.5) is 0 Å². The molecule has 0 N–H and O–H groups in total. The lowest BCUT2D eigenvalue weighted by Gasteiger charge is -2.10. The third-order valence-corrected chi connectivity index (χ3v) is 4.43. The van der Waals surface area contributed by atoms with E-state index in [1.165, 1.54) is 0 Å². The molecule has 2 aromatic rings. The topological polar surface area (TPSA) is 38.7 Å². The van der Waals surface area contributed by atoms with Crippen molar-refractivity contribution in [1.82, 2.24) is 15.0 Å². The highest BCUT2D eigenvalue weighted by molar-refractivity contribution is 9.11. The third kappa shape index (κ3) is 3.52. The summed E-state index contributed by atoms with van der Waals surface area (Å²) in [6.07, 6.45) is 2.54. The van der Waals surface area contributed by atoms with Gasteiger partial charge >= 0.3 is 0 Å². The number of rotatable bonds is 3. The summed E-state index contributed by atoms with van der Waals surface area (Å²) in [5.41, 5.74) is 1.60. The van der Waals surface area contributed by atoms with Gasteiger partial charge in [-0.05, 0) is 56.3 Å². The second kappa shape index (κ2) is 6.29. The van der Waals surface area contributed by atoms with Crippen molar-refractivity contribution in [3.63, 3.8) is 0 Å². The summed E-state index contributed by atoms with van der Waals surface area (Å²) in [5.74, 6) is 1.03. The Balaban J connectivity index is 2.54. The van der Waals surface area contributed by atoms with E-state index >= 15 is 0 Å². The minimum atomic E-state index is 0.415. The molecule has 0 saturated heterocycles. The van der Waals surface area contributed by atoms with Gasteiger partial charge in [-0.15, -0.1) is 0 Å². The standard InChI is InChI=1S/C13H12Br2ClN3/c1-7(2)6-9-10(15)12(16)19-13(18-9)11-8(14)4-3-5-17-11/h3-5,7H,6H2,1-2H3. The molecule has 0 spiro atoms. The summed E-state index contributed by atoms with van der Waals surface area (Å²) in [6, 6.07) is 3.76. The lowest BCUT2D eigenvalue weighted by Crippen LogP contribution is -2.03. The van der Waals surface area contributed by atoms with Gasteiger partial charge in [0, 0.05) is 10.7 Å². The van der Waals surface area contributed by atoms with Gasteiger partial charge in [0.2, 0.25) is 0 Å². The van der Waals surface area contributed by atoms with E-state index in [0.717, 1.165) is 21.1 Å². The van der Waals surface area contributed by atoms with E-state index in [0.29, 0.717) is 22.6 Å². The van der Waals surface area contributed by atoms with E-state index in [2.05, 4.69) is 60.7 Å². The van der Waals surface area contributed by atoms with E-state index < -0.39 is 0 Å². The molecule has 0 saturated carbocycles. The van der Waals surface area contributed by atoms with Crippen molar-refractivity contribution in [1.29, 1.82) is 0 Å². The molecule has 2 rings (SSSR count). The van der Waals surface area contributed by atoms with Crippen LogP contribution in [-0.4, -0.2) is 15.0 Å². The van der Waals surface area contributed by atoms with Gasteiger partial charge in [-0.3, -0.25) is 4.98 Å². The van der Waals surface area contributed by atoms with E-state index in [1.54, 1.807) is 6.20 Å². The van der Waals surface area contributed by atoms with Crippen LogP contribution in [0.1, 0.15) is 19.5 Å². The minimum Gasteiger partial charge on any atom is -0.252 e. The molecule has 0 aliphatic rings. The summed E-state index contributed by atoms with van der Waals surface area (Å²) >= 11 is 13.1. The number of hydrogen-bond donors (Lipinski definition) is 0. The first-order valence-corrected chi connectivity index (χ1v) is 7.78. The van der Waals surface area contributed by atoms with Crippen LogP contribution in [0.2, 0.25) is 5.15 Å². The van der Waals surface area contributed by atoms with Gasteiger partial charge < -0.3 is 0 Å². The fraction of sp³-hybridized carbons (Fsp3) is 0.308. The van der Waals surface area contributed by atoms with E-state index in [4.69, 9.17) is 11.6 Å². The summed E-state index contributed by atoms with van der Waals surface area (Å²) in [5, 5.41) is 0.415. The molecule has 0 aromatic carbocycles. The highest BCUT2D eigenvalue weighted by atomic mass is 79.9. The van der Waals surface area contributed by atoms with Crippen molar-refractivity contribution >= 4 is 43.5 Å². The van der Waals surface area contributed by atoms with E-state index in [9.17, 15) is 0 Å². The van der Waals surface area contributed by atoms with Crippen molar-refractivity contribution in [2.24, 2.45) is 5.92 Å². The highest BCUT2D eigenvalue weighted by Crippen LogP contribution is 2.30. The Morgan fingerprint density at radius 3 is 2.63 bits per heavy atom. The van der Waals surface area contributed by atoms with Crippen LogP contribution in [0.3, 0.4) is 0 Å². The normalized spacial score (nSPS) is 11.1. The van der Waals surface area contributed by atoms with Crippen LogP contribution in [0, 0.1) is 5.92 Å². The SMILES string of the molecule is CC(C)Cc1nc(-c2ncccc2Br)nc(Cl)c1Br. The Labute approximate surface area is 134 Å². The van der Waals surface area contributed by atoms with E-state index in [1.807, 2.05) is 12.1 Å². The first kappa shape index (κ1) is 14.9. The molecule has 0 aliphatic heterocycles. The summed E-state index contributed by atoms with van der Waals surface area (Å²) in [6.45, 7) is 4.28. The van der Waals surface area contributed by atoms with Crippen LogP contribution in [0.5, 0.6) is 0 Å². The molecule has 6 heteroatoms. The van der Waals surface area contributed by atoms with Gasteiger partial charge in [-0.2, -0.15) is 0 Å². The number of aromatic nitrogens is 3. The number of nitrogens with zero attached hydrogens (tertiary/aromatic N) is 3. The van der Waals surface area contributed by atoms with Gasteiger partial charge in [-0.25, -0.2) is 9.97 Å². The van der Waals surface area contributed by atoms with Crippen LogP contribution in [0.25, 0.3) is 11.5 Å². The summed E-state index contributed by atoms with van der Waals surface area (Å²) < 4.78 is 1.61. The maximum absolute atomic E-state index is 6.16. The Bertz CT molecular complexity index is 602. The maximum Gasteiger partial charge on any atom is 0.181 e. The number of halogens is 3. The van der Waals surface area contributed by atoms with Crippen LogP contribution >= 0.6 is 43.5 Å². The van der Waals surface area contributed by atoms with Crippen molar-refractivity contribution in [3.8, 4) is 11.5 Å². The molecule has 3 nitrogen and oxygen atoms in total. The Morgan fingerprint density at radius 2 is 2.00 bits per heavy atom. The zero-order valence-corrected chi connectivity index (χ0v) is 14.4. The third-order valence-electron chi connectivity index (χ3n) is 2.45. The molecule has 2 aromatic heterocycles. The van der Waals surface area contributed by atoms with Gasteiger partial charge in [-0.1, -0.05) is 25.4 Å². The second-order valence-electron chi connectivity index (χ2n) is 4.53. The predicted molar refractivity (Wildman–Crippen MR) is 84.2 cm³/mol. The quantitative estimate of drug-likeness (QED) is 0.681. The smallest absolute Gasteiger partial charge is 0.181 e. The monoisotopic (exact) mass is 403 g/mol. The molecular formula is C13H12Br2ClN3. The van der Waals surface area contributed by atoms with Crippen molar-refractivity contribution in [2.75, 3.05) is 0 Å². The summed E-state index contributed by atoms with van der Waals surface area (Å²) in [4.78, 5) is 13.1. The van der Waals surface area contributed by atoms with Crippen molar-refractivity contribution in [3.05, 3.63) is 38.1 Å². The number of hydrogen-bond acceptors (Lipinski definition) is 3. The average molecular weight is 406 g/mol. The van der Waals surface area contributed by atoms with Crippen molar-refractivity contribution in [2.45, 2.75) is 20.3 Å². The Morgan fingerprint density at radius 1 is 1.26 bits per heavy atom. The largest absolute Gasteiger partial charge is 0.252 e. The lowest BCUT2D eigenvalue weighted by molar-refractivity contribution is 0.632. The first-order valence-electron chi connectivity index (χ1n) is 5.82. The average Bonchev–Trinajstić information content (AvgIpc) is 2.35. The van der Waals surface area contributed by atoms with Crippen LogP contribution < -0.4 is 0 Å². The van der Waals surface area contributed by atoms with E-state index in [-0.39, 0.29) is 0 Å². The zero-order chi connectivity index (χ0) is 14.0. The molecule has 100 valence electrons. The molecular weight excluding hydrogens is 393 g/mol. The van der Waals surface area contributed by atoms with Crippen LogP contribution in [0.15, 0.2) is 27.3 Å². The number of pyridine rings is 1.